The average Bonchev–Trinajstić information content (AvgIpc) is 4.16. The zero-order chi connectivity index (χ0) is 47.3. The van der Waals surface area contributed by atoms with Crippen molar-refractivity contribution in [2.45, 2.75) is 69.7 Å². The molecule has 0 saturated carbocycles. The van der Waals surface area contributed by atoms with Gasteiger partial charge >= 0.3 is 6.03 Å². The molecule has 5 amide bonds. The van der Waals surface area contributed by atoms with Crippen LogP contribution in [0.5, 0.6) is 23.1 Å². The number of hydrogen-bond donors (Lipinski definition) is 1. The monoisotopic (exact) mass is 932 g/mol. The number of carbonyl (C=O) groups is 4. The SMILES string of the molecule is CCOc1ccc(-c2noc(C3CCN(C(=O)CN4Cc5c(cccc5C5CCCN(C(=O)NCC(=O)N6CCC(c7nc(-c8ccc(OC)c(OC)c8)no7)CC6)C5)C4=O)CC3)n2)nc1OC. The number of nitrogens with zero attached hydrogens (tertiary/aromatic N) is 9. The number of ether oxygens (including phenoxy) is 4. The zero-order valence-corrected chi connectivity index (χ0v) is 38.8. The highest BCUT2D eigenvalue weighted by Crippen LogP contribution is 2.37. The van der Waals surface area contributed by atoms with E-state index in [1.807, 2.05) is 31.2 Å². The quantitative estimate of drug-likeness (QED) is 0.150. The summed E-state index contributed by atoms with van der Waals surface area (Å²) >= 11 is 0. The lowest BCUT2D eigenvalue weighted by Crippen LogP contribution is -2.49. The second-order valence-corrected chi connectivity index (χ2v) is 17.4. The van der Waals surface area contributed by atoms with Crippen LogP contribution < -0.4 is 24.3 Å². The summed E-state index contributed by atoms with van der Waals surface area (Å²) in [5.41, 5.74) is 3.74. The van der Waals surface area contributed by atoms with E-state index in [9.17, 15) is 19.2 Å². The first-order valence-electron chi connectivity index (χ1n) is 23.2. The van der Waals surface area contributed by atoms with E-state index >= 15 is 0 Å². The van der Waals surface area contributed by atoms with E-state index in [-0.39, 0.29) is 54.6 Å². The number of pyridine rings is 1. The average molecular weight is 933 g/mol. The molecule has 0 aliphatic carbocycles. The molecular formula is C48H56N10O10. The van der Waals surface area contributed by atoms with Gasteiger partial charge in [-0.15, -0.1) is 0 Å². The molecule has 358 valence electrons. The van der Waals surface area contributed by atoms with E-state index < -0.39 is 0 Å². The largest absolute Gasteiger partial charge is 0.493 e. The minimum atomic E-state index is -0.295. The number of rotatable bonds is 14. The van der Waals surface area contributed by atoms with Crippen LogP contribution in [0.2, 0.25) is 0 Å². The summed E-state index contributed by atoms with van der Waals surface area (Å²) in [6.45, 7) is 5.54. The van der Waals surface area contributed by atoms with Gasteiger partial charge in [0.05, 0.1) is 34.5 Å². The maximum absolute atomic E-state index is 13.7. The van der Waals surface area contributed by atoms with Crippen molar-refractivity contribution in [3.8, 4) is 46.0 Å². The standard InChI is InChI=1S/C48H56N10O10/c1-5-66-38-14-12-36(50-46(38)65-4)43-52-45(68-54-43)30-17-22-56(23-18-30)41(60)28-58-27-35-33(9-6-10-34(35)47(58)61)32-8-7-19-57(26-32)48(62)49-25-40(59)55-20-15-29(16-21-55)44-51-42(53-67-44)31-11-13-37(63-2)39(24-31)64-3/h6,9-14,24,29-30,32H,5,7-8,15-23,25-28H2,1-4H3,(H,49,62). The van der Waals surface area contributed by atoms with Crippen molar-refractivity contribution in [2.75, 3.05) is 80.3 Å². The molecule has 4 aliphatic heterocycles. The third-order valence-corrected chi connectivity index (χ3v) is 13.4. The van der Waals surface area contributed by atoms with Gasteiger partial charge < -0.3 is 52.9 Å². The molecule has 2 aromatic carbocycles. The lowest BCUT2D eigenvalue weighted by atomic mass is 9.86. The highest BCUT2D eigenvalue weighted by Gasteiger charge is 2.36. The number of carbonyl (C=O) groups excluding carboxylic acids is 4. The Bertz CT molecular complexity index is 2640. The van der Waals surface area contributed by atoms with Crippen LogP contribution in [0.1, 0.15) is 96.5 Å². The molecule has 3 saturated heterocycles. The fourth-order valence-corrected chi connectivity index (χ4v) is 9.69. The zero-order valence-electron chi connectivity index (χ0n) is 38.8. The minimum Gasteiger partial charge on any atom is -0.493 e. The maximum atomic E-state index is 13.7. The number of piperidine rings is 3. The molecule has 5 aromatic rings. The number of urea groups is 1. The van der Waals surface area contributed by atoms with Gasteiger partial charge in [-0.1, -0.05) is 22.4 Å². The topological polar surface area (TPSA) is 221 Å². The van der Waals surface area contributed by atoms with Crippen LogP contribution in [0.15, 0.2) is 57.6 Å². The van der Waals surface area contributed by atoms with Gasteiger partial charge in [-0.25, -0.2) is 9.78 Å². The first-order valence-corrected chi connectivity index (χ1v) is 23.2. The molecule has 1 atom stereocenters. The fraction of sp³-hybridized carbons (Fsp3) is 0.479. The summed E-state index contributed by atoms with van der Waals surface area (Å²) < 4.78 is 33.0. The fourth-order valence-electron chi connectivity index (χ4n) is 9.69. The summed E-state index contributed by atoms with van der Waals surface area (Å²) in [7, 11) is 4.67. The lowest BCUT2D eigenvalue weighted by Gasteiger charge is -2.34. The number of aromatic nitrogens is 5. The maximum Gasteiger partial charge on any atom is 0.317 e. The highest BCUT2D eigenvalue weighted by molar-refractivity contribution is 6.00. The predicted octanol–water partition coefficient (Wildman–Crippen LogP) is 5.26. The van der Waals surface area contributed by atoms with Crippen LogP contribution in [-0.2, 0) is 16.1 Å². The Kier molecular flexibility index (Phi) is 13.7. The molecule has 0 spiro atoms. The molecule has 4 aliphatic rings. The van der Waals surface area contributed by atoms with Crippen molar-refractivity contribution in [3.63, 3.8) is 0 Å². The molecule has 0 radical (unpaired) electrons. The number of nitrogens with one attached hydrogen (secondary N) is 1. The van der Waals surface area contributed by atoms with Crippen LogP contribution in [0.25, 0.3) is 22.9 Å². The minimum absolute atomic E-state index is 0.00362. The van der Waals surface area contributed by atoms with E-state index in [0.29, 0.717) is 136 Å². The highest BCUT2D eigenvalue weighted by atomic mass is 16.5. The second kappa shape index (κ2) is 20.3. The van der Waals surface area contributed by atoms with Crippen molar-refractivity contribution in [3.05, 3.63) is 77.0 Å². The molecule has 0 bridgehead atoms. The predicted molar refractivity (Wildman–Crippen MR) is 243 cm³/mol. The summed E-state index contributed by atoms with van der Waals surface area (Å²) in [5.74, 6) is 3.38. The Labute approximate surface area is 393 Å². The molecule has 20 heteroatoms. The van der Waals surface area contributed by atoms with E-state index in [1.165, 1.54) is 7.11 Å². The number of amides is 5. The van der Waals surface area contributed by atoms with E-state index in [2.05, 4.69) is 30.6 Å². The summed E-state index contributed by atoms with van der Waals surface area (Å²) in [6, 6.07) is 14.4. The normalized spacial score (nSPS) is 17.8. The smallest absolute Gasteiger partial charge is 0.317 e. The van der Waals surface area contributed by atoms with Crippen LogP contribution in [0.4, 0.5) is 4.79 Å². The lowest BCUT2D eigenvalue weighted by molar-refractivity contribution is -0.133. The first-order chi connectivity index (χ1) is 33.1. The van der Waals surface area contributed by atoms with Crippen molar-refractivity contribution in [1.29, 1.82) is 0 Å². The number of benzene rings is 2. The van der Waals surface area contributed by atoms with Crippen molar-refractivity contribution in [2.24, 2.45) is 0 Å². The molecule has 1 unspecified atom stereocenters. The van der Waals surface area contributed by atoms with Gasteiger partial charge in [0.15, 0.2) is 17.2 Å². The van der Waals surface area contributed by atoms with Crippen LogP contribution in [0.3, 0.4) is 0 Å². The summed E-state index contributed by atoms with van der Waals surface area (Å²) in [4.78, 5) is 74.8. The number of fused-ring (bicyclic) bond motifs is 1. The molecule has 68 heavy (non-hydrogen) atoms. The first kappa shape index (κ1) is 45.9. The summed E-state index contributed by atoms with van der Waals surface area (Å²) in [6.07, 6.45) is 4.20. The van der Waals surface area contributed by atoms with E-state index in [4.69, 9.17) is 28.0 Å². The van der Waals surface area contributed by atoms with Gasteiger partial charge in [-0.05, 0) is 93.0 Å². The van der Waals surface area contributed by atoms with Crippen molar-refractivity contribution < 1.29 is 47.2 Å². The molecule has 20 nitrogen and oxygen atoms in total. The molecule has 3 aromatic heterocycles. The Hall–Kier alpha value is -7.25. The van der Waals surface area contributed by atoms with E-state index in [0.717, 1.165) is 29.5 Å². The van der Waals surface area contributed by atoms with Gasteiger partial charge in [-0.2, -0.15) is 9.97 Å². The van der Waals surface area contributed by atoms with Crippen molar-refractivity contribution >= 4 is 23.8 Å². The molecule has 1 N–H and O–H groups in total. The number of likely N-dealkylation sites (tertiary alicyclic amines) is 3. The van der Waals surface area contributed by atoms with Gasteiger partial charge in [0, 0.05) is 74.7 Å². The molecular weight excluding hydrogens is 877 g/mol. The van der Waals surface area contributed by atoms with Gasteiger partial charge in [0.2, 0.25) is 35.2 Å². The summed E-state index contributed by atoms with van der Waals surface area (Å²) in [5, 5.41) is 11.2. The Balaban J connectivity index is 0.730. The van der Waals surface area contributed by atoms with Gasteiger partial charge in [0.1, 0.15) is 12.2 Å². The van der Waals surface area contributed by atoms with Crippen LogP contribution in [-0.4, -0.2) is 149 Å². The van der Waals surface area contributed by atoms with Crippen LogP contribution in [0, 0.1) is 0 Å². The Morgan fingerprint density at radius 1 is 0.721 bits per heavy atom. The third-order valence-electron chi connectivity index (χ3n) is 13.4. The molecule has 3 fully saturated rings. The Morgan fingerprint density at radius 2 is 1.40 bits per heavy atom. The molecule has 9 rings (SSSR count). The third kappa shape index (κ3) is 9.62. The van der Waals surface area contributed by atoms with E-state index in [1.54, 1.807) is 58.1 Å². The van der Waals surface area contributed by atoms with Gasteiger partial charge in [0.25, 0.3) is 11.8 Å². The molecule has 7 heterocycles. The van der Waals surface area contributed by atoms with Crippen LogP contribution >= 0.6 is 0 Å². The van der Waals surface area contributed by atoms with Crippen molar-refractivity contribution in [1.82, 2.24) is 50.2 Å². The Morgan fingerprint density at radius 3 is 2.09 bits per heavy atom. The van der Waals surface area contributed by atoms with Gasteiger partial charge in [-0.3, -0.25) is 14.4 Å². The second-order valence-electron chi connectivity index (χ2n) is 17.4. The number of methoxy groups -OCH3 is 3. The number of hydrogen-bond acceptors (Lipinski definition) is 15.